The third-order valence-corrected chi connectivity index (χ3v) is 8.60. The molecule has 3 aliphatic rings. The van der Waals surface area contributed by atoms with Gasteiger partial charge in [-0.05, 0) is 55.5 Å². The number of phenols is 1. The summed E-state index contributed by atoms with van der Waals surface area (Å²) in [4.78, 5) is 16.1. The smallest absolute Gasteiger partial charge is 0.319 e. The Kier molecular flexibility index (Phi) is 6.29. The van der Waals surface area contributed by atoms with E-state index in [2.05, 4.69) is 31.1 Å². The number of anilines is 1. The molecule has 1 unspecified atom stereocenters. The summed E-state index contributed by atoms with van der Waals surface area (Å²) in [5.74, 6) is 2.36. The molecular weight excluding hydrogens is 544 g/mol. The lowest BCUT2D eigenvalue weighted by atomic mass is 9.95. The van der Waals surface area contributed by atoms with Crippen LogP contribution in [0.25, 0.3) is 32.9 Å². The van der Waals surface area contributed by atoms with Gasteiger partial charge in [-0.15, -0.1) is 6.42 Å². The highest BCUT2D eigenvalue weighted by atomic mass is 19.1. The van der Waals surface area contributed by atoms with Crippen molar-refractivity contribution in [2.45, 2.75) is 49.5 Å². The first-order valence-corrected chi connectivity index (χ1v) is 13.9. The number of fused-ring (bicyclic) bond motifs is 3. The van der Waals surface area contributed by atoms with E-state index in [9.17, 15) is 19.0 Å². The minimum Gasteiger partial charge on any atom is -0.508 e. The number of methoxy groups -OCH3 is 1. The van der Waals surface area contributed by atoms with Crippen LogP contribution in [0.3, 0.4) is 0 Å². The van der Waals surface area contributed by atoms with Crippen LogP contribution in [0.4, 0.5) is 14.6 Å². The van der Waals surface area contributed by atoms with Crippen molar-refractivity contribution in [1.29, 1.82) is 0 Å². The molecule has 0 bridgehead atoms. The highest BCUT2D eigenvalue weighted by Gasteiger charge is 2.49. The summed E-state index contributed by atoms with van der Waals surface area (Å²) in [7, 11) is 1.46. The molecule has 0 spiro atoms. The second-order valence-electron chi connectivity index (χ2n) is 11.3. The number of nitrogens with one attached hydrogen (secondary N) is 1. The molecule has 4 heterocycles. The van der Waals surface area contributed by atoms with Gasteiger partial charge < -0.3 is 25.0 Å². The van der Waals surface area contributed by atoms with Crippen LogP contribution in [0.15, 0.2) is 30.3 Å². The van der Waals surface area contributed by atoms with Crippen LogP contribution in [0.1, 0.15) is 31.2 Å². The van der Waals surface area contributed by atoms with Crippen molar-refractivity contribution < 1.29 is 28.5 Å². The van der Waals surface area contributed by atoms with Gasteiger partial charge in [0, 0.05) is 23.9 Å². The van der Waals surface area contributed by atoms with Crippen molar-refractivity contribution in [1.82, 2.24) is 19.9 Å². The predicted octanol–water partition coefficient (Wildman–Crippen LogP) is 4.18. The van der Waals surface area contributed by atoms with E-state index in [4.69, 9.17) is 15.9 Å². The molecule has 2 saturated heterocycles. The number of aliphatic hydroxyl groups is 1. The second kappa shape index (κ2) is 9.93. The quantitative estimate of drug-likeness (QED) is 0.280. The highest BCUT2D eigenvalue weighted by molar-refractivity contribution is 6.03. The van der Waals surface area contributed by atoms with Gasteiger partial charge in [0.1, 0.15) is 35.5 Å². The Labute approximate surface area is 240 Å². The molecule has 42 heavy (non-hydrogen) atoms. The summed E-state index contributed by atoms with van der Waals surface area (Å²) in [5.41, 5.74) is 0.788. The maximum atomic E-state index is 14.8. The fourth-order valence-electron chi connectivity index (χ4n) is 6.48. The van der Waals surface area contributed by atoms with Gasteiger partial charge in [-0.2, -0.15) is 9.97 Å². The lowest BCUT2D eigenvalue weighted by Crippen LogP contribution is -2.43. The standard InChI is InChI=1S/C31H29F2N5O4/c1-3-19-21(33)6-5-16-9-18(39)10-20(26(16)19)22-11-24-27(29(35-22)41-2)28(34-23-12-25(23)40)37-30(36-24)42-15-31-7-4-8-38(31)14-17(32)13-31/h1,5-6,9-11,17,23,25,39-40H,4,7-8,12-15H2,2H3,(H,34,36,37)/t17-,23+,25?,31+/m1/s1. The van der Waals surface area contributed by atoms with Gasteiger partial charge in [0.05, 0.1) is 41.6 Å². The minimum atomic E-state index is -0.896. The predicted molar refractivity (Wildman–Crippen MR) is 153 cm³/mol. The SMILES string of the molecule is C#Cc1c(F)ccc2cc(O)cc(-c3cc4nc(OC[C@@]56CCCN5C[C@H](F)C6)nc(N[C@H]5CC5O)c4c(OC)n3)c12. The Morgan fingerprint density at radius 3 is 2.81 bits per heavy atom. The van der Waals surface area contributed by atoms with Crippen molar-refractivity contribution in [3.63, 3.8) is 0 Å². The van der Waals surface area contributed by atoms with Crippen LogP contribution in [0, 0.1) is 18.2 Å². The van der Waals surface area contributed by atoms with Crippen LogP contribution in [0.5, 0.6) is 17.6 Å². The normalized spacial score (nSPS) is 25.0. The van der Waals surface area contributed by atoms with E-state index in [0.29, 0.717) is 58.1 Å². The number of aromatic hydroxyl groups is 1. The van der Waals surface area contributed by atoms with Crippen molar-refractivity contribution >= 4 is 27.5 Å². The average molecular weight is 574 g/mol. The molecule has 9 nitrogen and oxygen atoms in total. The van der Waals surface area contributed by atoms with Gasteiger partial charge in [0.25, 0.3) is 0 Å². The molecule has 0 radical (unpaired) electrons. The summed E-state index contributed by atoms with van der Waals surface area (Å²) < 4.78 is 41.0. The molecule has 3 N–H and O–H groups in total. The van der Waals surface area contributed by atoms with Crippen LogP contribution < -0.4 is 14.8 Å². The van der Waals surface area contributed by atoms with E-state index in [1.54, 1.807) is 12.1 Å². The number of hydrogen-bond donors (Lipinski definition) is 3. The molecule has 2 aromatic heterocycles. The fourth-order valence-corrected chi connectivity index (χ4v) is 6.48. The summed E-state index contributed by atoms with van der Waals surface area (Å²) in [6.45, 7) is 1.47. The average Bonchev–Trinajstić information content (AvgIpc) is 3.37. The molecule has 1 aliphatic carbocycles. The lowest BCUT2D eigenvalue weighted by molar-refractivity contribution is 0.107. The van der Waals surface area contributed by atoms with Crippen LogP contribution in [0.2, 0.25) is 0 Å². The Bertz CT molecular complexity index is 1780. The van der Waals surface area contributed by atoms with Crippen molar-refractivity contribution in [2.75, 3.05) is 32.1 Å². The number of terminal acetylenes is 1. The van der Waals surface area contributed by atoms with Gasteiger partial charge in [-0.25, -0.2) is 13.8 Å². The molecule has 4 atom stereocenters. The van der Waals surface area contributed by atoms with E-state index in [0.717, 1.165) is 19.4 Å². The largest absolute Gasteiger partial charge is 0.508 e. The zero-order valence-electron chi connectivity index (χ0n) is 22.9. The van der Waals surface area contributed by atoms with Crippen molar-refractivity contribution in [3.05, 3.63) is 41.7 Å². The van der Waals surface area contributed by atoms with E-state index >= 15 is 0 Å². The third kappa shape index (κ3) is 4.42. The van der Waals surface area contributed by atoms with Crippen molar-refractivity contribution in [3.8, 4) is 41.2 Å². The van der Waals surface area contributed by atoms with Crippen molar-refractivity contribution in [2.24, 2.45) is 0 Å². The number of ether oxygens (including phenoxy) is 2. The molecular formula is C31H29F2N5O4. The Morgan fingerprint density at radius 2 is 2.05 bits per heavy atom. The van der Waals surface area contributed by atoms with Crippen LogP contribution in [-0.2, 0) is 0 Å². The first kappa shape index (κ1) is 26.6. The minimum absolute atomic E-state index is 0.0447. The van der Waals surface area contributed by atoms with E-state index in [1.165, 1.54) is 25.3 Å². The molecule has 3 fully saturated rings. The van der Waals surface area contributed by atoms with Gasteiger partial charge >= 0.3 is 6.01 Å². The number of phenolic OH excluding ortho intramolecular Hbond substituents is 1. The molecule has 1 saturated carbocycles. The first-order valence-electron chi connectivity index (χ1n) is 13.9. The molecule has 7 rings (SSSR count). The number of rotatable bonds is 7. The zero-order chi connectivity index (χ0) is 29.2. The molecule has 0 amide bonds. The molecule has 216 valence electrons. The molecule has 2 aromatic carbocycles. The lowest BCUT2D eigenvalue weighted by Gasteiger charge is -2.30. The van der Waals surface area contributed by atoms with Gasteiger partial charge in [-0.1, -0.05) is 12.0 Å². The molecule has 11 heteroatoms. The second-order valence-corrected chi connectivity index (χ2v) is 11.3. The number of aliphatic hydroxyl groups excluding tert-OH is 1. The number of pyridine rings is 1. The van der Waals surface area contributed by atoms with Gasteiger partial charge in [-0.3, -0.25) is 4.90 Å². The number of benzene rings is 2. The summed E-state index contributed by atoms with van der Waals surface area (Å²) >= 11 is 0. The maximum Gasteiger partial charge on any atom is 0.319 e. The topological polar surface area (TPSA) is 113 Å². The van der Waals surface area contributed by atoms with Crippen LogP contribution >= 0.6 is 0 Å². The number of hydrogen-bond acceptors (Lipinski definition) is 9. The Morgan fingerprint density at radius 1 is 1.21 bits per heavy atom. The number of nitrogens with zero attached hydrogens (tertiary/aromatic N) is 4. The van der Waals surface area contributed by atoms with Crippen LogP contribution in [-0.4, -0.2) is 80.7 Å². The number of alkyl halides is 1. The van der Waals surface area contributed by atoms with E-state index < -0.39 is 23.6 Å². The van der Waals surface area contributed by atoms with Gasteiger partial charge in [0.2, 0.25) is 5.88 Å². The summed E-state index contributed by atoms with van der Waals surface area (Å²) in [6.07, 6.45) is 7.05. The van der Waals surface area contributed by atoms with Gasteiger partial charge in [0.15, 0.2) is 0 Å². The van der Waals surface area contributed by atoms with E-state index in [-0.39, 0.29) is 35.9 Å². The highest BCUT2D eigenvalue weighted by Crippen LogP contribution is 2.42. The summed E-state index contributed by atoms with van der Waals surface area (Å²) in [6, 6.07) is 7.33. The Balaban J connectivity index is 1.37. The monoisotopic (exact) mass is 573 g/mol. The summed E-state index contributed by atoms with van der Waals surface area (Å²) in [5, 5.41) is 25.2. The maximum absolute atomic E-state index is 14.8. The number of halogens is 2. The molecule has 2 aliphatic heterocycles. The van der Waals surface area contributed by atoms with E-state index in [1.807, 2.05) is 0 Å². The zero-order valence-corrected chi connectivity index (χ0v) is 22.9. The third-order valence-electron chi connectivity index (χ3n) is 8.60. The first-order chi connectivity index (χ1) is 20.3. The Hall–Kier alpha value is -4.27. The fraction of sp³-hybridized carbons (Fsp3) is 0.387. The molecule has 4 aromatic rings. The number of aromatic nitrogens is 3.